The van der Waals surface area contributed by atoms with Gasteiger partial charge < -0.3 is 4.90 Å². The fourth-order valence-electron chi connectivity index (χ4n) is 2.82. The van der Waals surface area contributed by atoms with E-state index in [4.69, 9.17) is 0 Å². The molecule has 0 N–H and O–H groups in total. The zero-order valence-electron chi connectivity index (χ0n) is 18.0. The molecule has 0 aliphatic heterocycles. The summed E-state index contributed by atoms with van der Waals surface area (Å²) < 4.78 is 59.0. The molecule has 0 radical (unpaired) electrons. The molecule has 1 heterocycles. The summed E-state index contributed by atoms with van der Waals surface area (Å²) in [5, 5.41) is 12.5. The quantitative estimate of drug-likeness (QED) is 0.364. The molecule has 1 aromatic carbocycles. The SMILES string of the molecule is CCCCn1cc(C)c(N=Nc2ccc(N(CC)CC)cc2N=S(=O)(OF)C(F)F)n1. The van der Waals surface area contributed by atoms with E-state index in [0.29, 0.717) is 24.6 Å². The van der Waals surface area contributed by atoms with Gasteiger partial charge >= 0.3 is 5.76 Å². The monoisotopic (exact) mass is 460 g/mol. The van der Waals surface area contributed by atoms with Gasteiger partial charge in [-0.05, 0) is 49.9 Å². The van der Waals surface area contributed by atoms with Crippen molar-refractivity contribution in [2.75, 3.05) is 18.0 Å². The summed E-state index contributed by atoms with van der Waals surface area (Å²) >= 11 is 0. The number of aromatic nitrogens is 2. The van der Waals surface area contributed by atoms with Crippen molar-refractivity contribution in [2.24, 2.45) is 14.6 Å². The highest BCUT2D eigenvalue weighted by molar-refractivity contribution is 7.89. The molecule has 172 valence electrons. The van der Waals surface area contributed by atoms with Gasteiger partial charge in [0.25, 0.3) is 10.0 Å². The molecule has 0 spiro atoms. The molecule has 1 unspecified atom stereocenters. The van der Waals surface area contributed by atoms with Crippen LogP contribution in [0.2, 0.25) is 0 Å². The molecule has 1 aromatic heterocycles. The van der Waals surface area contributed by atoms with E-state index in [9.17, 15) is 17.5 Å². The molecule has 8 nitrogen and oxygen atoms in total. The molecule has 0 aliphatic rings. The Bertz CT molecular complexity index is 1010. The molecule has 31 heavy (non-hydrogen) atoms. The Labute approximate surface area is 180 Å². The Balaban J connectivity index is 2.51. The van der Waals surface area contributed by atoms with Crippen molar-refractivity contribution in [1.82, 2.24) is 9.78 Å². The van der Waals surface area contributed by atoms with E-state index < -0.39 is 15.8 Å². The number of hydrogen-bond donors (Lipinski definition) is 0. The molecule has 0 bridgehead atoms. The largest absolute Gasteiger partial charge is 0.372 e. The molecule has 2 rings (SSSR count). The summed E-state index contributed by atoms with van der Waals surface area (Å²) in [6.07, 6.45) is 3.80. The number of anilines is 1. The first kappa shape index (κ1) is 24.8. The van der Waals surface area contributed by atoms with Crippen LogP contribution in [0.3, 0.4) is 0 Å². The van der Waals surface area contributed by atoms with E-state index in [0.717, 1.165) is 24.9 Å². The zero-order valence-corrected chi connectivity index (χ0v) is 18.8. The first-order valence-electron chi connectivity index (χ1n) is 9.97. The highest BCUT2D eigenvalue weighted by Crippen LogP contribution is 2.36. The first-order chi connectivity index (χ1) is 14.8. The molecule has 0 saturated heterocycles. The van der Waals surface area contributed by atoms with Gasteiger partial charge in [-0.1, -0.05) is 17.7 Å². The highest BCUT2D eigenvalue weighted by Gasteiger charge is 2.25. The lowest BCUT2D eigenvalue weighted by Gasteiger charge is -2.21. The molecule has 12 heteroatoms. The zero-order chi connectivity index (χ0) is 23.0. The number of rotatable bonds is 11. The van der Waals surface area contributed by atoms with Crippen molar-refractivity contribution in [3.05, 3.63) is 30.0 Å². The summed E-state index contributed by atoms with van der Waals surface area (Å²) in [5.41, 5.74) is 1.21. The normalized spacial score (nSPS) is 13.7. The van der Waals surface area contributed by atoms with Crippen LogP contribution in [-0.4, -0.2) is 32.8 Å². The summed E-state index contributed by atoms with van der Waals surface area (Å²) in [5.74, 6) is -3.29. The summed E-state index contributed by atoms with van der Waals surface area (Å²) in [7, 11) is -4.89. The van der Waals surface area contributed by atoms with Crippen LogP contribution in [0.4, 0.5) is 36.2 Å². The van der Waals surface area contributed by atoms with Gasteiger partial charge in [-0.3, -0.25) is 4.68 Å². The van der Waals surface area contributed by atoms with Crippen molar-refractivity contribution in [3.63, 3.8) is 0 Å². The summed E-state index contributed by atoms with van der Waals surface area (Å²) in [6.45, 7) is 9.72. The maximum atomic E-state index is 13.1. The minimum Gasteiger partial charge on any atom is -0.372 e. The second-order valence-corrected chi connectivity index (χ2v) is 8.42. The fraction of sp³-hybridized carbons (Fsp3) is 0.526. The first-order valence-corrected chi connectivity index (χ1v) is 11.5. The van der Waals surface area contributed by atoms with E-state index in [-0.39, 0.29) is 11.4 Å². The van der Waals surface area contributed by atoms with E-state index >= 15 is 0 Å². The Morgan fingerprint density at radius 1 is 1.19 bits per heavy atom. The van der Waals surface area contributed by atoms with Gasteiger partial charge in [0.1, 0.15) is 11.4 Å². The lowest BCUT2D eigenvalue weighted by atomic mass is 10.2. The fourth-order valence-corrected chi connectivity index (χ4v) is 3.40. The smallest absolute Gasteiger partial charge is 0.345 e. The summed E-state index contributed by atoms with van der Waals surface area (Å²) in [4.78, 5) is 1.92. The molecule has 0 fully saturated rings. The number of benzene rings is 1. The molecular weight excluding hydrogens is 433 g/mol. The number of unbranched alkanes of at least 4 members (excludes halogenated alkanes) is 1. The minimum atomic E-state index is -4.89. The van der Waals surface area contributed by atoms with Crippen molar-refractivity contribution in [1.29, 1.82) is 0 Å². The number of hydrogen-bond acceptors (Lipinski definition) is 7. The molecule has 0 aliphatic carbocycles. The van der Waals surface area contributed by atoms with Crippen LogP contribution in [0.25, 0.3) is 0 Å². The second kappa shape index (κ2) is 11.2. The van der Waals surface area contributed by atoms with Gasteiger partial charge in [0.2, 0.25) is 0 Å². The standard InChI is InChI=1S/C19H27F3N6O2S/c1-5-8-11-28-13-14(4)18(25-28)24-23-16-10-9-15(27(6-2)7-3)12-17(16)26-31(29,30-22)19(20)21/h9-10,12-13,19H,5-8,11H2,1-4H3. The van der Waals surface area contributed by atoms with Crippen molar-refractivity contribution < 1.29 is 21.9 Å². The lowest BCUT2D eigenvalue weighted by Crippen LogP contribution is -2.21. The van der Waals surface area contributed by atoms with E-state index in [1.165, 1.54) is 12.1 Å². The third-order valence-electron chi connectivity index (χ3n) is 4.54. The number of aryl methyl sites for hydroxylation is 2. The maximum Gasteiger partial charge on any atom is 0.345 e. The Hall–Kier alpha value is -2.47. The van der Waals surface area contributed by atoms with Crippen LogP contribution in [0.5, 0.6) is 0 Å². The molecule has 1 atom stereocenters. The van der Waals surface area contributed by atoms with Gasteiger partial charge in [-0.15, -0.1) is 10.2 Å². The topological polar surface area (TPSA) is 84.4 Å². The summed E-state index contributed by atoms with van der Waals surface area (Å²) in [6, 6.07) is 4.59. The highest BCUT2D eigenvalue weighted by atomic mass is 32.2. The van der Waals surface area contributed by atoms with Crippen molar-refractivity contribution in [2.45, 2.75) is 52.8 Å². The van der Waals surface area contributed by atoms with Crippen molar-refractivity contribution >= 4 is 32.9 Å². The van der Waals surface area contributed by atoms with Crippen LogP contribution < -0.4 is 4.90 Å². The number of halogens is 3. The van der Waals surface area contributed by atoms with E-state index in [2.05, 4.69) is 31.0 Å². The number of azo groups is 1. The Morgan fingerprint density at radius 3 is 2.48 bits per heavy atom. The predicted molar refractivity (Wildman–Crippen MR) is 114 cm³/mol. The number of nitrogens with zero attached hydrogens (tertiary/aromatic N) is 6. The molecular formula is C19H27F3N6O2S. The molecule has 0 saturated carbocycles. The van der Waals surface area contributed by atoms with Gasteiger partial charge in [0.05, 0.1) is 0 Å². The van der Waals surface area contributed by atoms with Gasteiger partial charge in [0.15, 0.2) is 5.82 Å². The average Bonchev–Trinajstić information content (AvgIpc) is 3.11. The minimum absolute atomic E-state index is 0.0313. The molecule has 2 aromatic rings. The van der Waals surface area contributed by atoms with Gasteiger partial charge in [-0.2, -0.15) is 18.2 Å². The van der Waals surface area contributed by atoms with E-state index in [1.54, 1.807) is 10.7 Å². The lowest BCUT2D eigenvalue weighted by molar-refractivity contribution is -0.000950. The second-order valence-electron chi connectivity index (χ2n) is 6.73. The van der Waals surface area contributed by atoms with Crippen LogP contribution in [-0.2, 0) is 20.9 Å². The molecule has 0 amide bonds. The maximum absolute atomic E-state index is 13.1. The third-order valence-corrected chi connectivity index (χ3v) is 5.62. The van der Waals surface area contributed by atoms with Crippen LogP contribution >= 0.6 is 0 Å². The Kier molecular flexibility index (Phi) is 8.99. The van der Waals surface area contributed by atoms with Crippen LogP contribution in [0.1, 0.15) is 39.2 Å². The van der Waals surface area contributed by atoms with Gasteiger partial charge in [-0.25, -0.2) is 4.21 Å². The Morgan fingerprint density at radius 2 is 1.90 bits per heavy atom. The predicted octanol–water partition coefficient (Wildman–Crippen LogP) is 6.39. The average molecular weight is 461 g/mol. The number of alkyl halides is 2. The third kappa shape index (κ3) is 6.26. The van der Waals surface area contributed by atoms with Crippen molar-refractivity contribution in [3.8, 4) is 0 Å². The van der Waals surface area contributed by atoms with Gasteiger partial charge in [0, 0.05) is 37.1 Å². The van der Waals surface area contributed by atoms with Crippen LogP contribution in [0, 0.1) is 6.92 Å². The van der Waals surface area contributed by atoms with E-state index in [1.807, 2.05) is 31.9 Å². The van der Waals surface area contributed by atoms with Crippen LogP contribution in [0.15, 0.2) is 39.0 Å².